The first-order valence-electron chi connectivity index (χ1n) is 24.5. The Kier molecular flexibility index (Phi) is 18.3. The van der Waals surface area contributed by atoms with Gasteiger partial charge in [-0.15, -0.1) is 0 Å². The van der Waals surface area contributed by atoms with Crippen LogP contribution in [0.25, 0.3) is 0 Å². The predicted molar refractivity (Wildman–Crippen MR) is 286 cm³/mol. The number of carbonyl (C=O) groups excluding carboxylic acids is 4. The zero-order valence-electron chi connectivity index (χ0n) is 40.8. The Hall–Kier alpha value is -8.24. The van der Waals surface area contributed by atoms with E-state index in [0.29, 0.717) is 25.7 Å². The van der Waals surface area contributed by atoms with E-state index in [1.807, 2.05) is 0 Å². The molecule has 0 bridgehead atoms. The molecule has 6 aromatic carbocycles. The number of hydrogen-bond acceptors (Lipinski definition) is 10. The fourth-order valence-corrected chi connectivity index (χ4v) is 9.21. The fraction of sp³-hybridized carbons (Fsp3) is 0.226. The lowest BCUT2D eigenvalue weighted by Gasteiger charge is -2.39. The Morgan fingerprint density at radius 1 is 0.361 bits per heavy atom. The van der Waals surface area contributed by atoms with E-state index < -0.39 is 23.9 Å². The molecule has 10 heteroatoms. The van der Waals surface area contributed by atoms with Crippen LogP contribution in [0.1, 0.15) is 65.5 Å². The van der Waals surface area contributed by atoms with Gasteiger partial charge in [-0.1, -0.05) is 118 Å². The second-order valence-corrected chi connectivity index (χ2v) is 17.6. The van der Waals surface area contributed by atoms with Crippen molar-refractivity contribution in [3.63, 3.8) is 0 Å². The number of ether oxygens (including phenoxy) is 4. The summed E-state index contributed by atoms with van der Waals surface area (Å²) in [6, 6.07) is 51.2. The normalized spacial score (nSPS) is 12.6. The predicted octanol–water partition coefficient (Wildman–Crippen LogP) is 13.0. The van der Waals surface area contributed by atoms with Crippen LogP contribution < -0.4 is 9.80 Å². The van der Waals surface area contributed by atoms with E-state index in [0.717, 1.165) is 82.1 Å². The van der Waals surface area contributed by atoms with E-state index >= 15 is 0 Å². The van der Waals surface area contributed by atoms with Crippen molar-refractivity contribution in [2.45, 2.75) is 63.2 Å². The number of nitrogens with zero attached hydrogens (tertiary/aromatic N) is 2. The largest absolute Gasteiger partial charge is 0.462 e. The number of carbonyl (C=O) groups is 4. The third kappa shape index (κ3) is 13.5. The highest BCUT2D eigenvalue weighted by molar-refractivity contribution is 5.83. The molecule has 1 saturated carbocycles. The first kappa shape index (κ1) is 51.6. The van der Waals surface area contributed by atoms with E-state index in [-0.39, 0.29) is 31.8 Å². The zero-order chi connectivity index (χ0) is 50.7. The molecule has 0 amide bonds. The average molecular weight is 963 g/mol. The highest BCUT2D eigenvalue weighted by atomic mass is 16.5. The van der Waals surface area contributed by atoms with Crippen molar-refractivity contribution >= 4 is 58.0 Å². The second-order valence-electron chi connectivity index (χ2n) is 17.6. The van der Waals surface area contributed by atoms with Crippen LogP contribution in [0.5, 0.6) is 0 Å². The minimum absolute atomic E-state index is 0.189. The molecule has 6 aromatic rings. The molecule has 368 valence electrons. The van der Waals surface area contributed by atoms with Gasteiger partial charge in [-0.05, 0) is 119 Å². The standard InChI is InChI=1S/C62H62N2O8/c1-5-58(65)69-42-36-46-12-24-52(25-13-46)63(53-26-14-47(15-27-53)37-43-70-59(66)6-2)56-32-20-50(21-33-56)62(40-10-9-11-41-62)51-22-34-57(35-23-51)64(54-28-16-48(17-29-54)38-44-71-60(67)7-3)55-30-18-49(19-31-55)39-45-72-61(68)8-4/h5-8,12-35H,1-4,9-11,36-45H2. The molecular weight excluding hydrogens is 901 g/mol. The molecule has 0 spiro atoms. The van der Waals surface area contributed by atoms with E-state index in [2.05, 4.69) is 182 Å². The van der Waals surface area contributed by atoms with E-state index in [1.54, 1.807) is 0 Å². The lowest BCUT2D eigenvalue weighted by atomic mass is 9.65. The summed E-state index contributed by atoms with van der Waals surface area (Å²) in [6.07, 6.45) is 12.5. The number of benzene rings is 6. The Morgan fingerprint density at radius 2 is 0.583 bits per heavy atom. The highest BCUT2D eigenvalue weighted by Gasteiger charge is 2.36. The van der Waals surface area contributed by atoms with Gasteiger partial charge in [-0.25, -0.2) is 19.2 Å². The van der Waals surface area contributed by atoms with Crippen LogP contribution >= 0.6 is 0 Å². The molecule has 72 heavy (non-hydrogen) atoms. The maximum absolute atomic E-state index is 11.7. The lowest BCUT2D eigenvalue weighted by molar-refractivity contribution is -0.138. The maximum atomic E-state index is 11.7. The molecule has 1 fully saturated rings. The van der Waals surface area contributed by atoms with Gasteiger partial charge in [0.15, 0.2) is 0 Å². The smallest absolute Gasteiger partial charge is 0.330 e. The van der Waals surface area contributed by atoms with Gasteiger partial charge in [0.1, 0.15) is 0 Å². The van der Waals surface area contributed by atoms with Crippen LogP contribution in [0.2, 0.25) is 0 Å². The number of hydrogen-bond donors (Lipinski definition) is 0. The monoisotopic (exact) mass is 962 g/mol. The van der Waals surface area contributed by atoms with Crippen molar-refractivity contribution in [1.29, 1.82) is 0 Å². The van der Waals surface area contributed by atoms with Crippen molar-refractivity contribution in [2.24, 2.45) is 0 Å². The van der Waals surface area contributed by atoms with Crippen molar-refractivity contribution in [2.75, 3.05) is 36.2 Å². The van der Waals surface area contributed by atoms with E-state index in [1.165, 1.54) is 41.9 Å². The Morgan fingerprint density at radius 3 is 0.806 bits per heavy atom. The average Bonchev–Trinajstić information content (AvgIpc) is 3.43. The lowest BCUT2D eigenvalue weighted by Crippen LogP contribution is -2.30. The summed E-state index contributed by atoms with van der Waals surface area (Å²) < 4.78 is 21.0. The summed E-state index contributed by atoms with van der Waals surface area (Å²) in [5.74, 6) is -1.76. The van der Waals surface area contributed by atoms with Gasteiger partial charge < -0.3 is 28.7 Å². The van der Waals surface area contributed by atoms with Crippen LogP contribution in [-0.4, -0.2) is 50.3 Å². The molecule has 0 aliphatic heterocycles. The first-order chi connectivity index (χ1) is 35.1. The van der Waals surface area contributed by atoms with Crippen LogP contribution in [0.3, 0.4) is 0 Å². The molecule has 0 aromatic heterocycles. The van der Waals surface area contributed by atoms with Gasteiger partial charge in [0.05, 0.1) is 26.4 Å². The molecule has 0 heterocycles. The Labute approximate surface area is 423 Å². The van der Waals surface area contributed by atoms with Crippen molar-refractivity contribution in [1.82, 2.24) is 0 Å². The summed E-state index contributed by atoms with van der Waals surface area (Å²) in [6.45, 7) is 15.0. The molecule has 0 atom stereocenters. The minimum Gasteiger partial charge on any atom is -0.462 e. The Balaban J connectivity index is 1.18. The molecule has 1 aliphatic rings. The van der Waals surface area contributed by atoms with Crippen molar-refractivity contribution < 1.29 is 38.1 Å². The van der Waals surface area contributed by atoms with Gasteiger partial charge in [-0.2, -0.15) is 0 Å². The van der Waals surface area contributed by atoms with Crippen molar-refractivity contribution in [3.8, 4) is 0 Å². The van der Waals surface area contributed by atoms with Gasteiger partial charge in [0, 0.05) is 89.5 Å². The highest BCUT2D eigenvalue weighted by Crippen LogP contribution is 2.47. The number of esters is 4. The number of rotatable bonds is 24. The molecule has 0 radical (unpaired) electrons. The molecule has 1 aliphatic carbocycles. The number of anilines is 6. The third-order valence-electron chi connectivity index (χ3n) is 13.0. The van der Waals surface area contributed by atoms with Crippen LogP contribution in [-0.2, 0) is 69.2 Å². The summed E-state index contributed by atoms with van der Waals surface area (Å²) in [7, 11) is 0. The third-order valence-corrected chi connectivity index (χ3v) is 13.0. The Bertz CT molecular complexity index is 2470. The van der Waals surface area contributed by atoms with Gasteiger partial charge >= 0.3 is 23.9 Å². The van der Waals surface area contributed by atoms with Crippen LogP contribution in [0.4, 0.5) is 34.1 Å². The van der Waals surface area contributed by atoms with Gasteiger partial charge in [0.2, 0.25) is 0 Å². The minimum atomic E-state index is -0.439. The molecule has 0 N–H and O–H groups in total. The van der Waals surface area contributed by atoms with Gasteiger partial charge in [-0.3, -0.25) is 0 Å². The van der Waals surface area contributed by atoms with Gasteiger partial charge in [0.25, 0.3) is 0 Å². The molecule has 10 nitrogen and oxygen atoms in total. The molecular formula is C62H62N2O8. The summed E-state index contributed by atoms with van der Waals surface area (Å²) >= 11 is 0. The molecule has 0 saturated heterocycles. The maximum Gasteiger partial charge on any atom is 0.330 e. The van der Waals surface area contributed by atoms with E-state index in [4.69, 9.17) is 18.9 Å². The first-order valence-corrected chi connectivity index (χ1v) is 24.5. The quantitative estimate of drug-likeness (QED) is 0.0330. The summed E-state index contributed by atoms with van der Waals surface area (Å²) in [5, 5.41) is 0. The van der Waals surface area contributed by atoms with E-state index in [9.17, 15) is 19.2 Å². The zero-order valence-corrected chi connectivity index (χ0v) is 40.8. The summed E-state index contributed by atoms with van der Waals surface area (Å²) in [4.78, 5) is 51.1. The van der Waals surface area contributed by atoms with Crippen LogP contribution in [0, 0.1) is 0 Å². The molecule has 7 rings (SSSR count). The second kappa shape index (κ2) is 25.6. The molecule has 0 unspecified atom stereocenters. The van der Waals surface area contributed by atoms with Crippen molar-refractivity contribution in [3.05, 3.63) is 230 Å². The van der Waals surface area contributed by atoms with Crippen LogP contribution in [0.15, 0.2) is 196 Å². The topological polar surface area (TPSA) is 112 Å². The SMILES string of the molecule is C=CC(=O)OCCc1ccc(N(c2ccc(CCOC(=O)C=C)cc2)c2ccc(C3(c4ccc(N(c5ccc(CCOC(=O)C=C)cc5)c5ccc(CCOC(=O)C=C)cc5)cc4)CCCCC3)cc2)cc1. The fourth-order valence-electron chi connectivity index (χ4n) is 9.21. The summed E-state index contributed by atoms with van der Waals surface area (Å²) in [5.41, 5.74) is 12.4.